The summed E-state index contributed by atoms with van der Waals surface area (Å²) in [7, 11) is 0. The number of hydrogen-bond donors (Lipinski definition) is 2. The second-order valence-electron chi connectivity index (χ2n) is 9.10. The van der Waals surface area contributed by atoms with Gasteiger partial charge in [-0.1, -0.05) is 24.2 Å². The Labute approximate surface area is 213 Å². The van der Waals surface area contributed by atoms with E-state index in [1.165, 1.54) is 0 Å². The van der Waals surface area contributed by atoms with E-state index in [-0.39, 0.29) is 12.1 Å². The molecule has 1 saturated carbocycles. The zero-order chi connectivity index (χ0) is 24.3. The fourth-order valence-electron chi connectivity index (χ4n) is 4.62. The smallest absolute Gasteiger partial charge is 0.225 e. The quantitative estimate of drug-likeness (QED) is 0.393. The van der Waals surface area contributed by atoms with Crippen LogP contribution in [0.5, 0.6) is 11.5 Å². The summed E-state index contributed by atoms with van der Waals surface area (Å²) < 4.78 is 12.6. The maximum atomic E-state index is 10.3. The largest absolute Gasteiger partial charge is 0.457 e. The number of nitrogens with zero attached hydrogens (tertiary/aromatic N) is 5. The molecule has 9 nitrogen and oxygen atoms in total. The second kappa shape index (κ2) is 10.3. The van der Waals surface area contributed by atoms with Gasteiger partial charge in [-0.05, 0) is 31.0 Å². The highest BCUT2D eigenvalue weighted by atomic mass is 32.1. The Morgan fingerprint density at radius 2 is 1.81 bits per heavy atom. The molecule has 2 atom stereocenters. The first-order valence-corrected chi connectivity index (χ1v) is 13.2. The van der Waals surface area contributed by atoms with Crippen LogP contribution in [0.1, 0.15) is 25.7 Å². The molecule has 2 aliphatic rings. The number of ether oxygens (including phenoxy) is 2. The van der Waals surface area contributed by atoms with E-state index in [2.05, 4.69) is 25.2 Å². The Bertz CT molecular complexity index is 1330. The van der Waals surface area contributed by atoms with Crippen molar-refractivity contribution >= 4 is 32.6 Å². The standard InChI is InChI=1S/C26H28N6O3S/c33-23-4-2-1-3-20(23)30-26-31-21-6-5-18(14-24(21)36-26)35-19-7-8-27-22(13-19)17-15-28-25(29-16-17)32-9-11-34-12-10-32/h5-8,13-16,20,23,33H,1-4,9-12H2,(H,30,31)/t20-,23?/m1/s1. The average Bonchev–Trinajstić information content (AvgIpc) is 3.32. The lowest BCUT2D eigenvalue weighted by Crippen LogP contribution is -2.37. The molecule has 2 N–H and O–H groups in total. The summed E-state index contributed by atoms with van der Waals surface area (Å²) in [6, 6.07) is 9.67. The lowest BCUT2D eigenvalue weighted by molar-refractivity contribution is 0.116. The van der Waals surface area contributed by atoms with Crippen LogP contribution in [0.15, 0.2) is 48.9 Å². The first kappa shape index (κ1) is 23.1. The number of fused-ring (bicyclic) bond motifs is 1. The molecule has 186 valence electrons. The van der Waals surface area contributed by atoms with Gasteiger partial charge in [-0.15, -0.1) is 0 Å². The Kier molecular flexibility index (Phi) is 6.63. The van der Waals surface area contributed by atoms with Crippen LogP contribution < -0.4 is 15.0 Å². The summed E-state index contributed by atoms with van der Waals surface area (Å²) in [6.07, 6.45) is 9.04. The SMILES string of the molecule is OC1CCCC[C@H]1Nc1nc2ccc(Oc3ccnc(-c4cnc(N5CCOCC5)nc4)c3)cc2s1. The van der Waals surface area contributed by atoms with E-state index in [1.807, 2.05) is 30.3 Å². The van der Waals surface area contributed by atoms with Crippen molar-refractivity contribution in [2.75, 3.05) is 36.5 Å². The van der Waals surface area contributed by atoms with Gasteiger partial charge in [0.2, 0.25) is 5.95 Å². The molecule has 36 heavy (non-hydrogen) atoms. The minimum absolute atomic E-state index is 0.0668. The fraction of sp³-hybridized carbons (Fsp3) is 0.385. The topological polar surface area (TPSA) is 106 Å². The number of hydrogen-bond acceptors (Lipinski definition) is 10. The van der Waals surface area contributed by atoms with E-state index < -0.39 is 0 Å². The zero-order valence-electron chi connectivity index (χ0n) is 19.8. The molecule has 1 unspecified atom stereocenters. The number of pyridine rings is 1. The Morgan fingerprint density at radius 1 is 1.00 bits per heavy atom. The number of rotatable bonds is 6. The third-order valence-corrected chi connectivity index (χ3v) is 7.54. The van der Waals surface area contributed by atoms with Crippen molar-refractivity contribution in [1.82, 2.24) is 19.9 Å². The predicted molar refractivity (Wildman–Crippen MR) is 140 cm³/mol. The number of nitrogens with one attached hydrogen (secondary N) is 1. The summed E-state index contributed by atoms with van der Waals surface area (Å²) >= 11 is 1.58. The molecule has 3 aromatic heterocycles. The molecule has 0 amide bonds. The maximum absolute atomic E-state index is 10.3. The van der Waals surface area contributed by atoms with Gasteiger partial charge in [-0.3, -0.25) is 4.98 Å². The van der Waals surface area contributed by atoms with Crippen LogP contribution in [0.25, 0.3) is 21.5 Å². The van der Waals surface area contributed by atoms with Gasteiger partial charge in [0.1, 0.15) is 11.5 Å². The minimum Gasteiger partial charge on any atom is -0.457 e. The van der Waals surface area contributed by atoms with Gasteiger partial charge < -0.3 is 24.8 Å². The van der Waals surface area contributed by atoms with Crippen LogP contribution >= 0.6 is 11.3 Å². The highest BCUT2D eigenvalue weighted by molar-refractivity contribution is 7.22. The van der Waals surface area contributed by atoms with Gasteiger partial charge in [0.05, 0.1) is 41.3 Å². The van der Waals surface area contributed by atoms with E-state index >= 15 is 0 Å². The molecule has 1 saturated heterocycles. The maximum Gasteiger partial charge on any atom is 0.225 e. The Hall–Kier alpha value is -3.34. The van der Waals surface area contributed by atoms with Gasteiger partial charge in [0, 0.05) is 49.4 Å². The van der Waals surface area contributed by atoms with Crippen molar-refractivity contribution in [2.24, 2.45) is 0 Å². The molecule has 4 aromatic rings. The van der Waals surface area contributed by atoms with Crippen molar-refractivity contribution in [3.05, 3.63) is 48.9 Å². The molecular weight excluding hydrogens is 476 g/mol. The summed E-state index contributed by atoms with van der Waals surface area (Å²) in [5.74, 6) is 2.12. The van der Waals surface area contributed by atoms with Gasteiger partial charge in [0.25, 0.3) is 0 Å². The molecule has 2 fully saturated rings. The monoisotopic (exact) mass is 504 g/mol. The van der Waals surface area contributed by atoms with E-state index in [0.717, 1.165) is 71.1 Å². The van der Waals surface area contributed by atoms with Crippen LogP contribution in [0.4, 0.5) is 11.1 Å². The number of anilines is 2. The average molecular weight is 505 g/mol. The van der Waals surface area contributed by atoms with Crippen LogP contribution in [-0.2, 0) is 4.74 Å². The van der Waals surface area contributed by atoms with E-state index in [0.29, 0.717) is 24.9 Å². The highest BCUT2D eigenvalue weighted by Gasteiger charge is 2.23. The summed E-state index contributed by atoms with van der Waals surface area (Å²) in [5.41, 5.74) is 2.49. The molecule has 10 heteroatoms. The molecular formula is C26H28N6O3S. The molecule has 0 bridgehead atoms. The van der Waals surface area contributed by atoms with Gasteiger partial charge in [-0.2, -0.15) is 0 Å². The third kappa shape index (κ3) is 5.11. The number of aromatic nitrogens is 4. The van der Waals surface area contributed by atoms with Crippen molar-refractivity contribution in [3.8, 4) is 22.8 Å². The van der Waals surface area contributed by atoms with Crippen molar-refractivity contribution in [3.63, 3.8) is 0 Å². The predicted octanol–water partition coefficient (Wildman–Crippen LogP) is 4.49. The fourth-order valence-corrected chi connectivity index (χ4v) is 5.57. The first-order valence-electron chi connectivity index (χ1n) is 12.4. The van der Waals surface area contributed by atoms with E-state index in [1.54, 1.807) is 29.9 Å². The van der Waals surface area contributed by atoms with Gasteiger partial charge in [-0.25, -0.2) is 15.0 Å². The van der Waals surface area contributed by atoms with Crippen molar-refractivity contribution < 1.29 is 14.6 Å². The molecule has 1 aliphatic carbocycles. The normalized spacial score (nSPS) is 20.4. The molecule has 4 heterocycles. The van der Waals surface area contributed by atoms with Crippen LogP contribution in [0, 0.1) is 0 Å². The summed E-state index contributed by atoms with van der Waals surface area (Å²) in [6.45, 7) is 2.98. The van der Waals surface area contributed by atoms with Crippen LogP contribution in [0.3, 0.4) is 0 Å². The second-order valence-corrected chi connectivity index (χ2v) is 10.1. The van der Waals surface area contributed by atoms with E-state index in [9.17, 15) is 5.11 Å². The summed E-state index contributed by atoms with van der Waals surface area (Å²) in [4.78, 5) is 20.3. The molecule has 6 rings (SSSR count). The lowest BCUT2D eigenvalue weighted by Gasteiger charge is -2.27. The van der Waals surface area contributed by atoms with Crippen molar-refractivity contribution in [2.45, 2.75) is 37.8 Å². The highest BCUT2D eigenvalue weighted by Crippen LogP contribution is 2.33. The van der Waals surface area contributed by atoms with Crippen molar-refractivity contribution in [1.29, 1.82) is 0 Å². The number of benzene rings is 1. The number of thiazole rings is 1. The minimum atomic E-state index is -0.313. The summed E-state index contributed by atoms with van der Waals surface area (Å²) in [5, 5.41) is 14.5. The third-order valence-electron chi connectivity index (χ3n) is 6.59. The van der Waals surface area contributed by atoms with Crippen LogP contribution in [-0.4, -0.2) is 63.5 Å². The molecule has 0 radical (unpaired) electrons. The van der Waals surface area contributed by atoms with Gasteiger partial charge >= 0.3 is 0 Å². The molecule has 0 spiro atoms. The van der Waals surface area contributed by atoms with E-state index in [4.69, 9.17) is 14.5 Å². The molecule has 1 aliphatic heterocycles. The Balaban J connectivity index is 1.15. The Morgan fingerprint density at radius 3 is 2.64 bits per heavy atom. The number of aliphatic hydroxyl groups excluding tert-OH is 1. The zero-order valence-corrected chi connectivity index (χ0v) is 20.7. The lowest BCUT2D eigenvalue weighted by atomic mass is 9.93. The number of morpholine rings is 1. The van der Waals surface area contributed by atoms with Gasteiger partial charge in [0.15, 0.2) is 5.13 Å². The van der Waals surface area contributed by atoms with Crippen LogP contribution in [0.2, 0.25) is 0 Å². The number of aliphatic hydroxyl groups is 1. The molecule has 1 aromatic carbocycles. The first-order chi connectivity index (χ1) is 17.7.